The molecule has 0 fully saturated rings. The molecule has 1 aromatic heterocycles. The second-order valence-electron chi connectivity index (χ2n) is 4.20. The fraction of sp³-hybridized carbons (Fsp3) is 0.583. The molecule has 0 aliphatic heterocycles. The summed E-state index contributed by atoms with van der Waals surface area (Å²) in [5.41, 5.74) is -0.595. The van der Waals surface area contributed by atoms with E-state index in [0.29, 0.717) is 12.4 Å². The first-order valence-electron chi connectivity index (χ1n) is 6.39. The Kier molecular flexibility index (Phi) is 7.06. The molecule has 0 saturated heterocycles. The first kappa shape index (κ1) is 16.5. The lowest BCUT2D eigenvalue weighted by atomic mass is 10.2. The Balaban J connectivity index is 2.61. The van der Waals surface area contributed by atoms with Crippen molar-refractivity contribution in [3.63, 3.8) is 0 Å². The van der Waals surface area contributed by atoms with Gasteiger partial charge in [-0.25, -0.2) is 14.0 Å². The maximum Gasteiger partial charge on any atom is 0.350 e. The molecule has 0 aromatic carbocycles. The summed E-state index contributed by atoms with van der Waals surface area (Å²) in [6.07, 6.45) is 5.75. The van der Waals surface area contributed by atoms with Crippen molar-refractivity contribution >= 4 is 23.6 Å². The SMILES string of the molecule is CCCCCNC(=O)Nc1nc(=O)n(CSC)cc1F. The third-order valence-electron chi connectivity index (χ3n) is 2.51. The van der Waals surface area contributed by atoms with E-state index in [1.807, 2.05) is 0 Å². The molecule has 2 N–H and O–H groups in total. The van der Waals surface area contributed by atoms with E-state index in [1.165, 1.54) is 11.8 Å². The van der Waals surface area contributed by atoms with Crippen molar-refractivity contribution in [1.82, 2.24) is 14.9 Å². The monoisotopic (exact) mass is 302 g/mol. The smallest absolute Gasteiger partial charge is 0.338 e. The van der Waals surface area contributed by atoms with Gasteiger partial charge < -0.3 is 5.32 Å². The van der Waals surface area contributed by atoms with Crippen LogP contribution in [-0.4, -0.2) is 28.4 Å². The first-order chi connectivity index (χ1) is 9.58. The third kappa shape index (κ3) is 5.20. The van der Waals surface area contributed by atoms with Crippen LogP contribution in [0.4, 0.5) is 15.0 Å². The molecule has 2 amide bonds. The van der Waals surface area contributed by atoms with Crippen LogP contribution in [0.1, 0.15) is 26.2 Å². The normalized spacial score (nSPS) is 10.3. The number of thioether (sulfide) groups is 1. The average molecular weight is 302 g/mol. The molecule has 0 unspecified atom stereocenters. The number of nitrogens with one attached hydrogen (secondary N) is 2. The van der Waals surface area contributed by atoms with Gasteiger partial charge >= 0.3 is 11.7 Å². The molecule has 0 atom stereocenters. The van der Waals surface area contributed by atoms with Gasteiger partial charge in [0.05, 0.1) is 5.88 Å². The standard InChI is InChI=1S/C12H19FN4O2S/c1-3-4-5-6-14-11(18)15-10-9(13)7-17(8-20-2)12(19)16-10/h7H,3-6,8H2,1-2H3,(H2,14,15,16,18,19). The summed E-state index contributed by atoms with van der Waals surface area (Å²) in [7, 11) is 0. The van der Waals surface area contributed by atoms with E-state index < -0.39 is 17.5 Å². The number of anilines is 1. The van der Waals surface area contributed by atoms with Crippen LogP contribution in [0.15, 0.2) is 11.0 Å². The van der Waals surface area contributed by atoms with E-state index in [0.717, 1.165) is 30.0 Å². The van der Waals surface area contributed by atoms with Crippen molar-refractivity contribution in [2.45, 2.75) is 32.1 Å². The Morgan fingerprint density at radius 1 is 1.50 bits per heavy atom. The molecule has 0 spiro atoms. The van der Waals surface area contributed by atoms with Crippen molar-refractivity contribution in [2.75, 3.05) is 18.1 Å². The summed E-state index contributed by atoms with van der Waals surface area (Å²) >= 11 is 1.37. The van der Waals surface area contributed by atoms with Gasteiger partial charge in [0, 0.05) is 12.7 Å². The Morgan fingerprint density at radius 3 is 2.90 bits per heavy atom. The molecule has 20 heavy (non-hydrogen) atoms. The Bertz CT molecular complexity index is 507. The number of amides is 2. The number of rotatable bonds is 7. The van der Waals surface area contributed by atoms with Crippen molar-refractivity contribution in [2.24, 2.45) is 0 Å². The zero-order valence-corrected chi connectivity index (χ0v) is 12.4. The minimum atomic E-state index is -0.734. The van der Waals surface area contributed by atoms with Crippen LogP contribution in [0.5, 0.6) is 0 Å². The third-order valence-corrected chi connectivity index (χ3v) is 3.05. The number of halogens is 1. The van der Waals surface area contributed by atoms with E-state index in [-0.39, 0.29) is 5.82 Å². The molecule has 0 radical (unpaired) electrons. The van der Waals surface area contributed by atoms with Gasteiger partial charge in [-0.15, -0.1) is 11.8 Å². The van der Waals surface area contributed by atoms with Gasteiger partial charge in [-0.1, -0.05) is 19.8 Å². The predicted molar refractivity (Wildman–Crippen MR) is 78.5 cm³/mol. The molecular weight excluding hydrogens is 283 g/mol. The maximum absolute atomic E-state index is 13.7. The molecular formula is C12H19FN4O2S. The van der Waals surface area contributed by atoms with Gasteiger partial charge in [0.2, 0.25) is 0 Å². The largest absolute Gasteiger partial charge is 0.350 e. The predicted octanol–water partition coefficient (Wildman–Crippen LogP) is 2.01. The number of aromatic nitrogens is 2. The quantitative estimate of drug-likeness (QED) is 0.756. The number of nitrogens with zero attached hydrogens (tertiary/aromatic N) is 2. The summed E-state index contributed by atoms with van der Waals surface area (Å²) < 4.78 is 14.8. The van der Waals surface area contributed by atoms with E-state index in [4.69, 9.17) is 0 Å². The Labute approximate surface area is 121 Å². The van der Waals surface area contributed by atoms with Gasteiger partial charge in [0.15, 0.2) is 11.6 Å². The van der Waals surface area contributed by atoms with Crippen molar-refractivity contribution in [1.29, 1.82) is 0 Å². The average Bonchev–Trinajstić information content (AvgIpc) is 2.41. The summed E-state index contributed by atoms with van der Waals surface area (Å²) in [5, 5.41) is 4.82. The lowest BCUT2D eigenvalue weighted by Crippen LogP contribution is -2.32. The highest BCUT2D eigenvalue weighted by molar-refractivity contribution is 7.97. The van der Waals surface area contributed by atoms with Crippen LogP contribution in [0.25, 0.3) is 0 Å². The minimum Gasteiger partial charge on any atom is -0.338 e. The molecule has 0 bridgehead atoms. The van der Waals surface area contributed by atoms with Crippen LogP contribution < -0.4 is 16.3 Å². The minimum absolute atomic E-state index is 0.312. The zero-order chi connectivity index (χ0) is 15.0. The van der Waals surface area contributed by atoms with Crippen LogP contribution in [0.2, 0.25) is 0 Å². The van der Waals surface area contributed by atoms with Crippen LogP contribution >= 0.6 is 11.8 Å². The van der Waals surface area contributed by atoms with Crippen molar-refractivity contribution in [3.05, 3.63) is 22.5 Å². The first-order valence-corrected chi connectivity index (χ1v) is 7.78. The highest BCUT2D eigenvalue weighted by Gasteiger charge is 2.11. The fourth-order valence-electron chi connectivity index (χ4n) is 1.51. The number of urea groups is 1. The molecule has 8 heteroatoms. The second-order valence-corrected chi connectivity index (χ2v) is 5.03. The lowest BCUT2D eigenvalue weighted by molar-refractivity contribution is 0.251. The van der Waals surface area contributed by atoms with Crippen molar-refractivity contribution in [3.8, 4) is 0 Å². The van der Waals surface area contributed by atoms with E-state index in [1.54, 1.807) is 6.26 Å². The summed E-state index contributed by atoms with van der Waals surface area (Å²) in [4.78, 5) is 26.6. The molecule has 0 aliphatic carbocycles. The number of carbonyl (C=O) groups is 1. The summed E-state index contributed by atoms with van der Waals surface area (Å²) in [5.74, 6) is -0.769. The number of hydrogen-bond acceptors (Lipinski definition) is 4. The molecule has 0 aliphatic rings. The Hall–Kier alpha value is -1.57. The fourth-order valence-corrected chi connectivity index (χ4v) is 1.98. The van der Waals surface area contributed by atoms with Gasteiger partial charge in [-0.05, 0) is 12.7 Å². The topological polar surface area (TPSA) is 76.0 Å². The van der Waals surface area contributed by atoms with Crippen LogP contribution in [0, 0.1) is 5.82 Å². The lowest BCUT2D eigenvalue weighted by Gasteiger charge is -2.09. The molecule has 1 heterocycles. The zero-order valence-electron chi connectivity index (χ0n) is 11.6. The van der Waals surface area contributed by atoms with E-state index >= 15 is 0 Å². The molecule has 112 valence electrons. The van der Waals surface area contributed by atoms with Gasteiger partial charge in [0.25, 0.3) is 0 Å². The summed E-state index contributed by atoms with van der Waals surface area (Å²) in [6.45, 7) is 2.56. The number of carbonyl (C=O) groups excluding carboxylic acids is 1. The number of unbranched alkanes of at least 4 members (excludes halogenated alkanes) is 2. The van der Waals surface area contributed by atoms with Crippen molar-refractivity contribution < 1.29 is 9.18 Å². The maximum atomic E-state index is 13.7. The Morgan fingerprint density at radius 2 is 2.25 bits per heavy atom. The molecule has 6 nitrogen and oxygen atoms in total. The van der Waals surface area contributed by atoms with Gasteiger partial charge in [-0.2, -0.15) is 4.98 Å². The molecule has 1 aromatic rings. The highest BCUT2D eigenvalue weighted by Crippen LogP contribution is 2.08. The molecule has 0 saturated carbocycles. The second kappa shape index (κ2) is 8.57. The number of hydrogen-bond donors (Lipinski definition) is 2. The van der Waals surface area contributed by atoms with Crippen LogP contribution in [-0.2, 0) is 5.88 Å². The van der Waals surface area contributed by atoms with E-state index in [2.05, 4.69) is 22.5 Å². The molecule has 1 rings (SSSR count). The van der Waals surface area contributed by atoms with Gasteiger partial charge in [-0.3, -0.25) is 9.88 Å². The highest BCUT2D eigenvalue weighted by atomic mass is 32.2. The van der Waals surface area contributed by atoms with E-state index in [9.17, 15) is 14.0 Å². The van der Waals surface area contributed by atoms with Crippen LogP contribution in [0.3, 0.4) is 0 Å². The summed E-state index contributed by atoms with van der Waals surface area (Å²) in [6, 6.07) is -0.561. The van der Waals surface area contributed by atoms with Gasteiger partial charge in [0.1, 0.15) is 0 Å².